The number of hydrogen-bond acceptors (Lipinski definition) is 5. The van der Waals surface area contributed by atoms with Crippen LogP contribution in [-0.4, -0.2) is 41.5 Å². The Balaban J connectivity index is 1.39. The van der Waals surface area contributed by atoms with Gasteiger partial charge in [0.15, 0.2) is 0 Å². The van der Waals surface area contributed by atoms with Crippen molar-refractivity contribution in [3.8, 4) is 0 Å². The molecule has 1 saturated heterocycles. The Kier molecular flexibility index (Phi) is 6.78. The minimum atomic E-state index is -3.53. The standard InChI is InChI=1S/C23H28N4O3S2/c1-17-21(18(2)27(25-17)15-19-8-4-3-5-9-19)14-24-23(28)20-10-6-12-26(16-20)32(29,30)22-11-7-13-31-22/h3-5,7-9,11,13,20H,6,10,12,14-16H2,1-2H3,(H,24,28). The quantitative estimate of drug-likeness (QED) is 0.572. The number of piperidine rings is 1. The highest BCUT2D eigenvalue weighted by molar-refractivity contribution is 7.91. The highest BCUT2D eigenvalue weighted by Gasteiger charge is 2.33. The molecule has 1 unspecified atom stereocenters. The Hall–Kier alpha value is -2.49. The third-order valence-electron chi connectivity index (χ3n) is 5.99. The summed E-state index contributed by atoms with van der Waals surface area (Å²) in [5.41, 5.74) is 4.09. The van der Waals surface area contributed by atoms with Gasteiger partial charge in [-0.25, -0.2) is 8.42 Å². The molecule has 0 bridgehead atoms. The maximum Gasteiger partial charge on any atom is 0.252 e. The fourth-order valence-corrected chi connectivity index (χ4v) is 6.80. The van der Waals surface area contributed by atoms with Crippen LogP contribution in [0.25, 0.3) is 0 Å². The lowest BCUT2D eigenvalue weighted by Crippen LogP contribution is -2.45. The average Bonchev–Trinajstić information content (AvgIpc) is 3.43. The predicted molar refractivity (Wildman–Crippen MR) is 125 cm³/mol. The first kappa shape index (κ1) is 22.7. The summed E-state index contributed by atoms with van der Waals surface area (Å²) >= 11 is 1.21. The topological polar surface area (TPSA) is 84.3 Å². The zero-order valence-electron chi connectivity index (χ0n) is 18.3. The molecule has 1 atom stereocenters. The lowest BCUT2D eigenvalue weighted by atomic mass is 9.98. The number of thiophene rings is 1. The van der Waals surface area contributed by atoms with E-state index in [-0.39, 0.29) is 18.4 Å². The molecule has 2 aromatic heterocycles. The third kappa shape index (κ3) is 4.79. The molecule has 3 aromatic rings. The maximum atomic E-state index is 12.9. The molecule has 1 amide bonds. The number of aryl methyl sites for hydroxylation is 1. The van der Waals surface area contributed by atoms with Gasteiger partial charge in [0.05, 0.1) is 18.2 Å². The summed E-state index contributed by atoms with van der Waals surface area (Å²) in [6, 6.07) is 13.5. The molecule has 1 fully saturated rings. The molecular formula is C23H28N4O3S2. The van der Waals surface area contributed by atoms with E-state index in [0.29, 0.717) is 36.7 Å². The van der Waals surface area contributed by atoms with Crippen LogP contribution in [0.2, 0.25) is 0 Å². The Morgan fingerprint density at radius 1 is 1.19 bits per heavy atom. The van der Waals surface area contributed by atoms with E-state index in [4.69, 9.17) is 0 Å². The summed E-state index contributed by atoms with van der Waals surface area (Å²) in [5, 5.41) is 9.42. The highest BCUT2D eigenvalue weighted by atomic mass is 32.2. The van der Waals surface area contributed by atoms with E-state index in [0.717, 1.165) is 17.0 Å². The number of aromatic nitrogens is 2. The normalized spacial score (nSPS) is 17.4. The van der Waals surface area contributed by atoms with Crippen molar-refractivity contribution in [2.24, 2.45) is 5.92 Å². The van der Waals surface area contributed by atoms with Gasteiger partial charge in [0, 0.05) is 30.9 Å². The van der Waals surface area contributed by atoms with Crippen LogP contribution >= 0.6 is 11.3 Å². The average molecular weight is 473 g/mol. The Labute approximate surface area is 193 Å². The van der Waals surface area contributed by atoms with Crippen molar-refractivity contribution >= 4 is 27.3 Å². The van der Waals surface area contributed by atoms with Gasteiger partial charge in [0.2, 0.25) is 5.91 Å². The fraction of sp³-hybridized carbons (Fsp3) is 0.391. The minimum absolute atomic E-state index is 0.106. The van der Waals surface area contributed by atoms with Crippen molar-refractivity contribution in [1.29, 1.82) is 0 Å². The van der Waals surface area contributed by atoms with E-state index in [2.05, 4.69) is 22.5 Å². The van der Waals surface area contributed by atoms with Crippen LogP contribution in [0.5, 0.6) is 0 Å². The molecule has 4 rings (SSSR count). The smallest absolute Gasteiger partial charge is 0.252 e. The first-order valence-electron chi connectivity index (χ1n) is 10.7. The molecule has 1 aliphatic heterocycles. The molecule has 9 heteroatoms. The lowest BCUT2D eigenvalue weighted by molar-refractivity contribution is -0.126. The highest BCUT2D eigenvalue weighted by Crippen LogP contribution is 2.26. The summed E-state index contributed by atoms with van der Waals surface area (Å²) in [6.45, 7) is 5.71. The van der Waals surface area contributed by atoms with Crippen molar-refractivity contribution < 1.29 is 13.2 Å². The van der Waals surface area contributed by atoms with Crippen molar-refractivity contribution in [3.63, 3.8) is 0 Å². The molecule has 0 radical (unpaired) electrons. The first-order chi connectivity index (χ1) is 15.4. The SMILES string of the molecule is Cc1nn(Cc2ccccc2)c(C)c1CNC(=O)C1CCCN(S(=O)(=O)c2cccs2)C1. The molecule has 1 N–H and O–H groups in total. The largest absolute Gasteiger partial charge is 0.352 e. The van der Waals surface area contributed by atoms with Gasteiger partial charge in [-0.2, -0.15) is 9.40 Å². The molecule has 0 spiro atoms. The molecule has 1 aromatic carbocycles. The van der Waals surface area contributed by atoms with Crippen LogP contribution in [-0.2, 0) is 27.9 Å². The summed E-state index contributed by atoms with van der Waals surface area (Å²) < 4.78 is 29.4. The summed E-state index contributed by atoms with van der Waals surface area (Å²) in [6.07, 6.45) is 1.36. The van der Waals surface area contributed by atoms with Gasteiger partial charge in [-0.05, 0) is 43.7 Å². The van der Waals surface area contributed by atoms with Gasteiger partial charge in [-0.15, -0.1) is 11.3 Å². The van der Waals surface area contributed by atoms with Gasteiger partial charge in [-0.3, -0.25) is 9.48 Å². The van der Waals surface area contributed by atoms with Crippen LogP contribution in [0, 0.1) is 19.8 Å². The van der Waals surface area contributed by atoms with Crippen molar-refractivity contribution in [2.75, 3.05) is 13.1 Å². The Morgan fingerprint density at radius 3 is 2.69 bits per heavy atom. The van der Waals surface area contributed by atoms with Crippen LogP contribution in [0.4, 0.5) is 0 Å². The number of benzene rings is 1. The number of hydrogen-bond donors (Lipinski definition) is 1. The van der Waals surface area contributed by atoms with E-state index < -0.39 is 10.0 Å². The van der Waals surface area contributed by atoms with Crippen LogP contribution in [0.3, 0.4) is 0 Å². The number of amides is 1. The molecule has 170 valence electrons. The van der Waals surface area contributed by atoms with Gasteiger partial charge >= 0.3 is 0 Å². The first-order valence-corrected chi connectivity index (χ1v) is 13.1. The number of sulfonamides is 1. The van der Waals surface area contributed by atoms with Crippen LogP contribution < -0.4 is 5.32 Å². The van der Waals surface area contributed by atoms with Gasteiger partial charge in [-0.1, -0.05) is 36.4 Å². The lowest BCUT2D eigenvalue weighted by Gasteiger charge is -2.30. The Morgan fingerprint density at radius 2 is 1.97 bits per heavy atom. The van der Waals surface area contributed by atoms with Gasteiger partial charge < -0.3 is 5.32 Å². The molecule has 0 aliphatic carbocycles. The number of carbonyl (C=O) groups excluding carboxylic acids is 1. The third-order valence-corrected chi connectivity index (χ3v) is 9.23. The predicted octanol–water partition coefficient (Wildman–Crippen LogP) is 3.33. The summed E-state index contributed by atoms with van der Waals surface area (Å²) in [5.74, 6) is -0.454. The molecule has 3 heterocycles. The molecule has 7 nitrogen and oxygen atoms in total. The molecule has 0 saturated carbocycles. The van der Waals surface area contributed by atoms with Gasteiger partial charge in [0.25, 0.3) is 10.0 Å². The molecule has 1 aliphatic rings. The van der Waals surface area contributed by atoms with E-state index in [9.17, 15) is 13.2 Å². The fourth-order valence-electron chi connectivity index (χ4n) is 4.13. The zero-order chi connectivity index (χ0) is 22.7. The second-order valence-electron chi connectivity index (χ2n) is 8.14. The number of nitrogens with one attached hydrogen (secondary N) is 1. The van der Waals surface area contributed by atoms with Crippen LogP contribution in [0.1, 0.15) is 35.4 Å². The van der Waals surface area contributed by atoms with Crippen molar-refractivity contribution in [3.05, 3.63) is 70.4 Å². The number of nitrogens with zero attached hydrogens (tertiary/aromatic N) is 3. The second-order valence-corrected chi connectivity index (χ2v) is 11.3. The minimum Gasteiger partial charge on any atom is -0.352 e. The number of carbonyl (C=O) groups is 1. The maximum absolute atomic E-state index is 12.9. The Bertz CT molecular complexity index is 1170. The molecule has 32 heavy (non-hydrogen) atoms. The van der Waals surface area contributed by atoms with Crippen LogP contribution in [0.15, 0.2) is 52.1 Å². The molecular weight excluding hydrogens is 444 g/mol. The van der Waals surface area contributed by atoms with Gasteiger partial charge in [0.1, 0.15) is 4.21 Å². The van der Waals surface area contributed by atoms with E-state index in [1.165, 1.54) is 21.2 Å². The second kappa shape index (κ2) is 9.56. The van der Waals surface area contributed by atoms with E-state index in [1.54, 1.807) is 17.5 Å². The van der Waals surface area contributed by atoms with Crippen molar-refractivity contribution in [1.82, 2.24) is 19.4 Å². The zero-order valence-corrected chi connectivity index (χ0v) is 20.0. The van der Waals surface area contributed by atoms with Crippen molar-refractivity contribution in [2.45, 2.75) is 44.0 Å². The summed E-state index contributed by atoms with van der Waals surface area (Å²) in [7, 11) is -3.53. The number of rotatable bonds is 7. The monoisotopic (exact) mass is 472 g/mol. The van der Waals surface area contributed by atoms with E-state index in [1.807, 2.05) is 36.7 Å². The summed E-state index contributed by atoms with van der Waals surface area (Å²) in [4.78, 5) is 12.9. The van der Waals surface area contributed by atoms with E-state index >= 15 is 0 Å².